The zero-order valence-corrected chi connectivity index (χ0v) is 10.8. The van der Waals surface area contributed by atoms with Crippen LogP contribution in [0.2, 0.25) is 0 Å². The van der Waals surface area contributed by atoms with Crippen molar-refractivity contribution in [3.8, 4) is 0 Å². The molecule has 5 heteroatoms. The Bertz CT molecular complexity index is 314. The summed E-state index contributed by atoms with van der Waals surface area (Å²) in [5.74, 6) is 2.03. The SMILES string of the molecule is Cn1c(SCCCN)nnc1C(C)(C)C. The van der Waals surface area contributed by atoms with Crippen molar-refractivity contribution in [2.24, 2.45) is 12.8 Å². The Hall–Kier alpha value is -0.550. The molecule has 0 aromatic carbocycles. The first-order valence-corrected chi connectivity index (χ1v) is 6.18. The topological polar surface area (TPSA) is 56.7 Å². The molecule has 0 fully saturated rings. The van der Waals surface area contributed by atoms with Gasteiger partial charge in [-0.15, -0.1) is 10.2 Å². The molecule has 0 spiro atoms. The number of aromatic nitrogens is 3. The molecule has 0 amide bonds. The zero-order valence-electron chi connectivity index (χ0n) is 9.95. The normalized spacial score (nSPS) is 12.1. The van der Waals surface area contributed by atoms with E-state index in [1.807, 2.05) is 7.05 Å². The van der Waals surface area contributed by atoms with E-state index in [1.165, 1.54) is 0 Å². The maximum Gasteiger partial charge on any atom is 0.190 e. The first kappa shape index (κ1) is 12.5. The summed E-state index contributed by atoms with van der Waals surface area (Å²) in [5.41, 5.74) is 5.50. The molecule has 0 saturated heterocycles. The number of thioether (sulfide) groups is 1. The molecule has 1 aromatic rings. The lowest BCUT2D eigenvalue weighted by Gasteiger charge is -2.16. The zero-order chi connectivity index (χ0) is 11.5. The van der Waals surface area contributed by atoms with Gasteiger partial charge in [0.05, 0.1) is 0 Å². The lowest BCUT2D eigenvalue weighted by molar-refractivity contribution is 0.513. The smallest absolute Gasteiger partial charge is 0.190 e. The van der Waals surface area contributed by atoms with Gasteiger partial charge in [-0.2, -0.15) is 0 Å². The molecule has 1 aromatic heterocycles. The molecular weight excluding hydrogens is 208 g/mol. The molecule has 1 heterocycles. The predicted molar refractivity (Wildman–Crippen MR) is 64.1 cm³/mol. The lowest BCUT2D eigenvalue weighted by Crippen LogP contribution is -2.17. The lowest BCUT2D eigenvalue weighted by atomic mass is 9.96. The second kappa shape index (κ2) is 4.99. The monoisotopic (exact) mass is 228 g/mol. The summed E-state index contributed by atoms with van der Waals surface area (Å²) in [6.45, 7) is 7.17. The largest absolute Gasteiger partial charge is 0.330 e. The van der Waals surface area contributed by atoms with Crippen molar-refractivity contribution < 1.29 is 0 Å². The van der Waals surface area contributed by atoms with Crippen LogP contribution in [0.15, 0.2) is 5.16 Å². The highest BCUT2D eigenvalue weighted by Gasteiger charge is 2.21. The second-order valence-electron chi connectivity index (χ2n) is 4.61. The number of hydrogen-bond donors (Lipinski definition) is 1. The van der Waals surface area contributed by atoms with Gasteiger partial charge >= 0.3 is 0 Å². The third-order valence-electron chi connectivity index (χ3n) is 2.09. The summed E-state index contributed by atoms with van der Waals surface area (Å²) in [5, 5.41) is 9.40. The van der Waals surface area contributed by atoms with Crippen LogP contribution in [0, 0.1) is 0 Å². The highest BCUT2D eigenvalue weighted by molar-refractivity contribution is 7.99. The average Bonchev–Trinajstić information content (AvgIpc) is 2.47. The molecule has 0 atom stereocenters. The number of hydrogen-bond acceptors (Lipinski definition) is 4. The van der Waals surface area contributed by atoms with Crippen molar-refractivity contribution in [2.45, 2.75) is 37.8 Å². The van der Waals surface area contributed by atoms with E-state index in [0.717, 1.165) is 29.7 Å². The van der Waals surface area contributed by atoms with Crippen LogP contribution in [0.3, 0.4) is 0 Å². The molecule has 0 saturated carbocycles. The Morgan fingerprint density at radius 3 is 2.47 bits per heavy atom. The van der Waals surface area contributed by atoms with Crippen LogP contribution in [-0.2, 0) is 12.5 Å². The van der Waals surface area contributed by atoms with E-state index in [0.29, 0.717) is 0 Å². The van der Waals surface area contributed by atoms with E-state index < -0.39 is 0 Å². The Kier molecular flexibility index (Phi) is 4.16. The van der Waals surface area contributed by atoms with Crippen LogP contribution in [-0.4, -0.2) is 27.1 Å². The van der Waals surface area contributed by atoms with Gasteiger partial charge in [-0.05, 0) is 13.0 Å². The Balaban J connectivity index is 2.72. The van der Waals surface area contributed by atoms with Crippen LogP contribution < -0.4 is 5.73 Å². The molecule has 0 unspecified atom stereocenters. The molecule has 0 aliphatic carbocycles. The molecule has 0 radical (unpaired) electrons. The van der Waals surface area contributed by atoms with Crippen molar-refractivity contribution in [2.75, 3.05) is 12.3 Å². The van der Waals surface area contributed by atoms with E-state index in [-0.39, 0.29) is 5.41 Å². The van der Waals surface area contributed by atoms with Crippen LogP contribution in [0.25, 0.3) is 0 Å². The van der Waals surface area contributed by atoms with Gasteiger partial charge in [-0.3, -0.25) is 0 Å². The average molecular weight is 228 g/mol. The fourth-order valence-electron chi connectivity index (χ4n) is 1.34. The minimum atomic E-state index is 0.0500. The van der Waals surface area contributed by atoms with Gasteiger partial charge < -0.3 is 10.3 Å². The highest BCUT2D eigenvalue weighted by atomic mass is 32.2. The minimum Gasteiger partial charge on any atom is -0.330 e. The van der Waals surface area contributed by atoms with Gasteiger partial charge in [0.25, 0.3) is 0 Å². The Morgan fingerprint density at radius 2 is 2.00 bits per heavy atom. The van der Waals surface area contributed by atoms with Crippen LogP contribution in [0.1, 0.15) is 33.0 Å². The summed E-state index contributed by atoms with van der Waals surface area (Å²) in [4.78, 5) is 0. The van der Waals surface area contributed by atoms with Gasteiger partial charge in [-0.25, -0.2) is 0 Å². The first-order chi connectivity index (χ1) is 6.96. The van der Waals surface area contributed by atoms with Gasteiger partial charge in [0, 0.05) is 18.2 Å². The fourth-order valence-corrected chi connectivity index (χ4v) is 2.21. The second-order valence-corrected chi connectivity index (χ2v) is 5.67. The molecule has 0 bridgehead atoms. The van der Waals surface area contributed by atoms with E-state index in [1.54, 1.807) is 11.8 Å². The third kappa shape index (κ3) is 3.21. The fraction of sp³-hybridized carbons (Fsp3) is 0.800. The summed E-state index contributed by atoms with van der Waals surface area (Å²) >= 11 is 1.72. The van der Waals surface area contributed by atoms with Crippen LogP contribution >= 0.6 is 11.8 Å². The Morgan fingerprint density at radius 1 is 1.33 bits per heavy atom. The molecule has 4 nitrogen and oxygen atoms in total. The maximum absolute atomic E-state index is 5.45. The summed E-state index contributed by atoms with van der Waals surface area (Å²) < 4.78 is 2.07. The van der Waals surface area contributed by atoms with Crippen molar-refractivity contribution in [3.05, 3.63) is 5.82 Å². The molecule has 2 N–H and O–H groups in total. The van der Waals surface area contributed by atoms with Crippen molar-refractivity contribution in [3.63, 3.8) is 0 Å². The van der Waals surface area contributed by atoms with E-state index in [9.17, 15) is 0 Å². The van der Waals surface area contributed by atoms with E-state index in [2.05, 4.69) is 35.5 Å². The quantitative estimate of drug-likeness (QED) is 0.627. The molecule has 15 heavy (non-hydrogen) atoms. The van der Waals surface area contributed by atoms with Crippen LogP contribution in [0.5, 0.6) is 0 Å². The summed E-state index contributed by atoms with van der Waals surface area (Å²) in [6, 6.07) is 0. The summed E-state index contributed by atoms with van der Waals surface area (Å²) in [6.07, 6.45) is 1.02. The molecular formula is C10H20N4S. The standard InChI is InChI=1S/C10H20N4S/c1-10(2,3)8-12-13-9(14(8)4)15-7-5-6-11/h5-7,11H2,1-4H3. The molecule has 86 valence electrons. The number of nitrogens with two attached hydrogens (primary N) is 1. The molecule has 0 aliphatic heterocycles. The highest BCUT2D eigenvalue weighted by Crippen LogP contribution is 2.24. The first-order valence-electron chi connectivity index (χ1n) is 5.19. The number of nitrogens with zero attached hydrogens (tertiary/aromatic N) is 3. The maximum atomic E-state index is 5.45. The Labute approximate surface area is 95.6 Å². The van der Waals surface area contributed by atoms with Gasteiger partial charge in [-0.1, -0.05) is 32.5 Å². The predicted octanol–water partition coefficient (Wildman–Crippen LogP) is 1.55. The molecule has 1 rings (SSSR count). The number of rotatable bonds is 4. The van der Waals surface area contributed by atoms with E-state index in [4.69, 9.17) is 5.73 Å². The summed E-state index contributed by atoms with van der Waals surface area (Å²) in [7, 11) is 2.02. The van der Waals surface area contributed by atoms with Crippen LogP contribution in [0.4, 0.5) is 0 Å². The van der Waals surface area contributed by atoms with Gasteiger partial charge in [0.2, 0.25) is 0 Å². The van der Waals surface area contributed by atoms with Gasteiger partial charge in [0.1, 0.15) is 5.82 Å². The molecule has 0 aliphatic rings. The van der Waals surface area contributed by atoms with Crippen molar-refractivity contribution in [1.29, 1.82) is 0 Å². The third-order valence-corrected chi connectivity index (χ3v) is 3.19. The van der Waals surface area contributed by atoms with Gasteiger partial charge in [0.15, 0.2) is 5.16 Å². The van der Waals surface area contributed by atoms with E-state index >= 15 is 0 Å². The van der Waals surface area contributed by atoms with Crippen molar-refractivity contribution in [1.82, 2.24) is 14.8 Å². The minimum absolute atomic E-state index is 0.0500. The van der Waals surface area contributed by atoms with Crippen molar-refractivity contribution >= 4 is 11.8 Å².